The number of ketones is 3. The summed E-state index contributed by atoms with van der Waals surface area (Å²) in [5, 5.41) is 30.1. The number of amides is 3. The molecule has 1 saturated carbocycles. The molecule has 0 spiro atoms. The number of Topliss-reactive ketones (excluding diaryl/α,β-unsaturated/α-hetero) is 3. The van der Waals surface area contributed by atoms with Gasteiger partial charge in [-0.1, -0.05) is 531 Å². The van der Waals surface area contributed by atoms with Gasteiger partial charge in [-0.2, -0.15) is 0 Å². The van der Waals surface area contributed by atoms with E-state index >= 15 is 9.59 Å². The van der Waals surface area contributed by atoms with Crippen LogP contribution in [0.4, 0.5) is 11.4 Å². The fourth-order valence-corrected chi connectivity index (χ4v) is 24.2. The third-order valence-electron chi connectivity index (χ3n) is 33.8. The maximum atomic E-state index is 15.0. The number of rotatable bonds is 97. The maximum absolute atomic E-state index is 15.0. The highest BCUT2D eigenvalue weighted by molar-refractivity contribution is 6.31. The van der Waals surface area contributed by atoms with E-state index in [1.54, 1.807) is 24.7 Å². The fraction of sp³-hybridized carbons (Fsp3) is 0.774. The summed E-state index contributed by atoms with van der Waals surface area (Å²) in [5.74, 6) is -2.89. The van der Waals surface area contributed by atoms with Gasteiger partial charge in [0.2, 0.25) is 5.60 Å². The lowest BCUT2D eigenvalue weighted by molar-refractivity contribution is -0.170. The van der Waals surface area contributed by atoms with Crippen LogP contribution in [0.25, 0.3) is 11.1 Å². The number of nitrogens with one attached hydrogen (secondary N) is 1. The zero-order valence-electron chi connectivity index (χ0n) is 96.4. The van der Waals surface area contributed by atoms with Crippen LogP contribution in [0.15, 0.2) is 103 Å². The minimum atomic E-state index is -2.47. The van der Waals surface area contributed by atoms with Gasteiger partial charge in [-0.3, -0.25) is 28.8 Å². The van der Waals surface area contributed by atoms with E-state index < -0.39 is 59.1 Å². The van der Waals surface area contributed by atoms with Gasteiger partial charge in [0.15, 0.2) is 11.4 Å². The summed E-state index contributed by atoms with van der Waals surface area (Å²) in [6.45, 7) is 19.9. The van der Waals surface area contributed by atoms with Crippen molar-refractivity contribution in [3.63, 3.8) is 0 Å². The summed E-state index contributed by atoms with van der Waals surface area (Å²) in [4.78, 5) is 92.5. The second kappa shape index (κ2) is 81.1. The summed E-state index contributed by atoms with van der Waals surface area (Å²) in [7, 11) is 0. The molecule has 1 aliphatic carbocycles. The molecule has 2 aliphatic heterocycles. The normalized spacial score (nSPS) is 15.9. The van der Waals surface area contributed by atoms with Crippen molar-refractivity contribution in [1.82, 2.24) is 5.32 Å². The Morgan fingerprint density at radius 2 is 0.527 bits per heavy atom. The molecule has 3 N–H and O–H groups in total. The summed E-state index contributed by atoms with van der Waals surface area (Å²) < 4.78 is 23.6. The van der Waals surface area contributed by atoms with Crippen LogP contribution in [0.2, 0.25) is 0 Å². The molecule has 4 aromatic heterocycles. The third kappa shape index (κ3) is 48.2. The number of furan rings is 4. The molecule has 3 amide bonds. The number of hydrogen-bond donors (Lipinski definition) is 3. The van der Waals surface area contributed by atoms with Crippen molar-refractivity contribution in [2.24, 2.45) is 35.5 Å². The lowest BCUT2D eigenvalue weighted by atomic mass is 9.64. The second-order valence-electron chi connectivity index (χ2n) is 46.4. The molecular weight excluding hydrogens is 1830 g/mol. The molecular formula is C133H221N3O12. The van der Waals surface area contributed by atoms with Gasteiger partial charge in [0.25, 0.3) is 17.7 Å². The Morgan fingerprint density at radius 1 is 0.297 bits per heavy atom. The van der Waals surface area contributed by atoms with E-state index in [1.807, 2.05) is 24.3 Å². The number of carbonyl (C=O) groups is 6. The maximum Gasteiger partial charge on any atom is 0.262 e. The Hall–Kier alpha value is -6.58. The predicted molar refractivity (Wildman–Crippen MR) is 620 cm³/mol. The molecule has 6 heterocycles. The van der Waals surface area contributed by atoms with Gasteiger partial charge in [0, 0.05) is 49.3 Å². The third-order valence-corrected chi connectivity index (χ3v) is 33.8. The van der Waals surface area contributed by atoms with Crippen molar-refractivity contribution >= 4 is 57.6 Å². The van der Waals surface area contributed by atoms with Gasteiger partial charge < -0.3 is 43.0 Å². The van der Waals surface area contributed by atoms with Crippen molar-refractivity contribution in [2.75, 3.05) is 29.4 Å². The first-order chi connectivity index (χ1) is 72.6. The zero-order valence-corrected chi connectivity index (χ0v) is 96.4. The minimum Gasteiger partial charge on any atom is -0.466 e. The number of aliphatic hydroxyl groups is 2. The first-order valence-electron chi connectivity index (χ1n) is 63.6. The molecule has 840 valence electrons. The Bertz CT molecular complexity index is 4010. The number of carbonyl (C=O) groups excluding carboxylic acids is 6. The van der Waals surface area contributed by atoms with Crippen molar-refractivity contribution in [3.05, 3.63) is 119 Å². The SMILES string of the molecule is CCCCCCCCCCCCC(CCCCCCCCCC)CCC(=O)C(O)(c1ccco1)C1CC(=O)C(C(O)(C(=O)NCC(CCCCCCCCCC)CCCCCCCCCCCC)c2ccco2)CC1=O.CCCCCCCCCCCCC(CCCCCCCCCC)CN1C(=O)C(c2ccco2)=c2cc3c(cc21)=C(c1ccco1)C(=O)N3CC(CCCCCCCCCC)CCCCCCCCCCCC. The highest BCUT2D eigenvalue weighted by Crippen LogP contribution is 2.47. The van der Waals surface area contributed by atoms with Gasteiger partial charge in [-0.05, 0) is 129 Å². The summed E-state index contributed by atoms with van der Waals surface area (Å²) >= 11 is 0. The Morgan fingerprint density at radius 3 is 0.777 bits per heavy atom. The van der Waals surface area contributed by atoms with E-state index in [1.165, 1.54) is 448 Å². The highest BCUT2D eigenvalue weighted by Gasteiger charge is 2.60. The summed E-state index contributed by atoms with van der Waals surface area (Å²) in [6, 6.07) is 18.2. The van der Waals surface area contributed by atoms with Crippen LogP contribution in [-0.4, -0.2) is 64.9 Å². The number of anilines is 2. The molecule has 0 saturated heterocycles. The Kier molecular flexibility index (Phi) is 70.3. The molecule has 0 bridgehead atoms. The van der Waals surface area contributed by atoms with Crippen LogP contribution in [-0.2, 0) is 40.0 Å². The largest absolute Gasteiger partial charge is 0.466 e. The quantitative estimate of drug-likeness (QED) is 0.0310. The first kappa shape index (κ1) is 128. The standard InChI is InChI=1S/C67H115NO8.C66H106N2O4/c1-5-9-13-17-21-25-27-31-34-38-44-56(43-37-33-29-23-19-15-11-7-3)49-50-62(71)66(73,63-47-41-51-75-63)58-53-61(70)59(54-60(58)69)67(74,64-48-42-52-76-64)65(72)68-55-57(45-39-35-30-24-20-16-12-8-4)46-40-36-32-28-26-22-18-14-10-6-2;1-5-9-13-17-21-25-27-31-35-39-45-55(43-37-33-29-23-19-15-11-7-3)53-67-59-51-58-60(52-57(59)63(65(67)69)61-47-41-49-71-61)68(66(70)64(58)62-48-42-50-72-62)54-56(44-38-34-30-24-20-16-12-8-4)46-40-36-32-28-26-22-18-14-10-6-2/h41-42,47-48,51-52,56-59,73-74H,5-40,43-46,49-50,53-55H2,1-4H3,(H,68,72);41-42,47-52,55-56H,5-40,43-46,53-54H2,1-4H3. The number of fused-ring (bicyclic) bond motifs is 2. The van der Waals surface area contributed by atoms with Crippen LogP contribution < -0.4 is 25.6 Å². The average Bonchev–Trinajstić information content (AvgIpc) is 1.55. The molecule has 15 heteroatoms. The minimum absolute atomic E-state index is 0.0265. The Labute approximate surface area is 904 Å². The smallest absolute Gasteiger partial charge is 0.262 e. The molecule has 15 nitrogen and oxygen atoms in total. The van der Waals surface area contributed by atoms with E-state index in [4.69, 9.17) is 17.7 Å². The number of nitrogens with zero attached hydrogens (tertiary/aromatic N) is 2. The lowest BCUT2D eigenvalue weighted by Crippen LogP contribution is -2.57. The van der Waals surface area contributed by atoms with Gasteiger partial charge >= 0.3 is 0 Å². The van der Waals surface area contributed by atoms with E-state index in [9.17, 15) is 29.4 Å². The van der Waals surface area contributed by atoms with E-state index in [-0.39, 0.29) is 35.7 Å². The molecule has 8 atom stereocenters. The lowest BCUT2D eigenvalue weighted by Gasteiger charge is -2.40. The zero-order chi connectivity index (χ0) is 106. The summed E-state index contributed by atoms with van der Waals surface area (Å²) in [6.07, 6.45) is 107. The van der Waals surface area contributed by atoms with Crippen molar-refractivity contribution in [3.8, 4) is 0 Å². The molecule has 8 rings (SSSR count). The Balaban J connectivity index is 0.000000401. The van der Waals surface area contributed by atoms with Crippen LogP contribution >= 0.6 is 0 Å². The fourth-order valence-electron chi connectivity index (χ4n) is 24.2. The number of unbranched alkanes of at least 4 members (excludes halogenated alkanes) is 64. The van der Waals surface area contributed by atoms with Gasteiger partial charge in [-0.15, -0.1) is 0 Å². The molecule has 1 fully saturated rings. The second-order valence-corrected chi connectivity index (χ2v) is 46.4. The topological polar surface area (TPSA) is 214 Å². The van der Waals surface area contributed by atoms with Gasteiger partial charge in [0.05, 0.1) is 59.4 Å². The van der Waals surface area contributed by atoms with E-state index in [0.29, 0.717) is 66.5 Å². The molecule has 0 radical (unpaired) electrons. The molecule has 5 aromatic rings. The first-order valence-corrected chi connectivity index (χ1v) is 63.6. The van der Waals surface area contributed by atoms with Crippen LogP contribution in [0, 0.1) is 35.5 Å². The number of hydrogen-bond acceptors (Lipinski definition) is 12. The van der Waals surface area contributed by atoms with E-state index in [2.05, 4.69) is 82.6 Å². The van der Waals surface area contributed by atoms with Gasteiger partial charge in [0.1, 0.15) is 34.6 Å². The van der Waals surface area contributed by atoms with Crippen LogP contribution in [0.5, 0.6) is 0 Å². The predicted octanol–water partition coefficient (Wildman–Crippen LogP) is 37.4. The monoisotopic (exact) mass is 2050 g/mol. The van der Waals surface area contributed by atoms with Crippen LogP contribution in [0.1, 0.15) is 618 Å². The molecule has 8 unspecified atom stereocenters. The van der Waals surface area contributed by atoms with Gasteiger partial charge in [-0.25, -0.2) is 0 Å². The van der Waals surface area contributed by atoms with Crippen LogP contribution in [0.3, 0.4) is 0 Å². The van der Waals surface area contributed by atoms with E-state index in [0.717, 1.165) is 112 Å². The average molecular weight is 2050 g/mol. The van der Waals surface area contributed by atoms with Crippen molar-refractivity contribution < 1.29 is 56.6 Å². The summed E-state index contributed by atoms with van der Waals surface area (Å²) in [5.41, 5.74) is -1.76. The number of benzene rings is 1. The molecule has 148 heavy (non-hydrogen) atoms. The highest BCUT2D eigenvalue weighted by atomic mass is 16.4. The molecule has 1 aromatic carbocycles. The van der Waals surface area contributed by atoms with Crippen molar-refractivity contribution in [2.45, 2.75) is 606 Å². The van der Waals surface area contributed by atoms with Crippen molar-refractivity contribution in [1.29, 1.82) is 0 Å². The molecule has 3 aliphatic rings.